The van der Waals surface area contributed by atoms with Gasteiger partial charge in [-0.2, -0.15) is 0 Å². The Balaban J connectivity index is 2.05. The summed E-state index contributed by atoms with van der Waals surface area (Å²) in [5.41, 5.74) is 2.93. The van der Waals surface area contributed by atoms with Crippen molar-refractivity contribution < 1.29 is 19.0 Å². The van der Waals surface area contributed by atoms with Gasteiger partial charge < -0.3 is 19.5 Å². The average molecular weight is 315 g/mol. The van der Waals surface area contributed by atoms with Gasteiger partial charge in [-0.15, -0.1) is 0 Å². The zero-order chi connectivity index (χ0) is 16.8. The van der Waals surface area contributed by atoms with Crippen LogP contribution in [-0.2, 0) is 4.79 Å². The summed E-state index contributed by atoms with van der Waals surface area (Å²) in [5.74, 6) is 1.20. The van der Waals surface area contributed by atoms with Crippen LogP contribution >= 0.6 is 0 Å². The molecule has 0 aliphatic heterocycles. The molecule has 0 fully saturated rings. The summed E-state index contributed by atoms with van der Waals surface area (Å²) in [5, 5.41) is 2.84. The smallest absolute Gasteiger partial charge is 0.262 e. The molecule has 2 aromatic carbocycles. The molecular formula is C18H21NO4. The van der Waals surface area contributed by atoms with Crippen molar-refractivity contribution in [2.75, 3.05) is 26.1 Å². The van der Waals surface area contributed by atoms with Gasteiger partial charge in [0.25, 0.3) is 5.91 Å². The molecule has 0 heterocycles. The van der Waals surface area contributed by atoms with E-state index in [1.807, 2.05) is 32.0 Å². The highest BCUT2D eigenvalue weighted by atomic mass is 16.5. The van der Waals surface area contributed by atoms with E-state index in [4.69, 9.17) is 14.2 Å². The first-order chi connectivity index (χ1) is 11.0. The number of aryl methyl sites for hydroxylation is 2. The molecule has 5 heteroatoms. The predicted molar refractivity (Wildman–Crippen MR) is 89.6 cm³/mol. The summed E-state index contributed by atoms with van der Waals surface area (Å²) < 4.78 is 16.1. The Morgan fingerprint density at radius 1 is 1.04 bits per heavy atom. The van der Waals surface area contributed by atoms with Gasteiger partial charge in [0.05, 0.1) is 14.2 Å². The fraction of sp³-hybridized carbons (Fsp3) is 0.278. The number of ether oxygens (including phenoxy) is 3. The Labute approximate surface area is 136 Å². The van der Waals surface area contributed by atoms with E-state index in [0.717, 1.165) is 16.8 Å². The third-order valence-electron chi connectivity index (χ3n) is 3.39. The zero-order valence-corrected chi connectivity index (χ0v) is 13.8. The number of amides is 1. The molecule has 1 N–H and O–H groups in total. The second kappa shape index (κ2) is 7.54. The highest BCUT2D eigenvalue weighted by Gasteiger charge is 2.13. The fourth-order valence-electron chi connectivity index (χ4n) is 2.24. The Kier molecular flexibility index (Phi) is 5.46. The second-order valence-corrected chi connectivity index (χ2v) is 5.15. The first-order valence-corrected chi connectivity index (χ1v) is 7.26. The van der Waals surface area contributed by atoms with E-state index in [2.05, 4.69) is 5.32 Å². The number of hydrogen-bond acceptors (Lipinski definition) is 4. The van der Waals surface area contributed by atoms with Gasteiger partial charge in [0, 0.05) is 5.69 Å². The lowest BCUT2D eigenvalue weighted by molar-refractivity contribution is -0.118. The molecule has 0 atom stereocenters. The minimum Gasteiger partial charge on any atom is -0.493 e. The van der Waals surface area contributed by atoms with Crippen molar-refractivity contribution in [3.8, 4) is 17.2 Å². The van der Waals surface area contributed by atoms with Crippen LogP contribution in [0, 0.1) is 13.8 Å². The Bertz CT molecular complexity index is 675. The van der Waals surface area contributed by atoms with Crippen molar-refractivity contribution in [2.45, 2.75) is 13.8 Å². The topological polar surface area (TPSA) is 56.8 Å². The Morgan fingerprint density at radius 2 is 1.70 bits per heavy atom. The normalized spacial score (nSPS) is 10.1. The van der Waals surface area contributed by atoms with Crippen LogP contribution in [0.25, 0.3) is 0 Å². The number of rotatable bonds is 6. The third kappa shape index (κ3) is 4.16. The molecule has 0 aliphatic rings. The van der Waals surface area contributed by atoms with Gasteiger partial charge >= 0.3 is 0 Å². The molecule has 0 aliphatic carbocycles. The van der Waals surface area contributed by atoms with Crippen LogP contribution in [0.3, 0.4) is 0 Å². The van der Waals surface area contributed by atoms with Crippen molar-refractivity contribution >= 4 is 11.6 Å². The number of nitrogens with one attached hydrogen (secondary N) is 1. The zero-order valence-electron chi connectivity index (χ0n) is 13.8. The quantitative estimate of drug-likeness (QED) is 0.888. The molecule has 0 saturated heterocycles. The van der Waals surface area contributed by atoms with Crippen LogP contribution in [0.2, 0.25) is 0 Å². The molecule has 0 saturated carbocycles. The largest absolute Gasteiger partial charge is 0.493 e. The monoisotopic (exact) mass is 315 g/mol. The SMILES string of the molecule is COc1cccc(OC)c1OCC(=O)Nc1ccc(C)cc1C. The number of benzene rings is 2. The van der Waals surface area contributed by atoms with Crippen molar-refractivity contribution in [3.63, 3.8) is 0 Å². The number of anilines is 1. The molecule has 0 bridgehead atoms. The van der Waals surface area contributed by atoms with Gasteiger partial charge in [-0.05, 0) is 37.6 Å². The lowest BCUT2D eigenvalue weighted by Crippen LogP contribution is -2.21. The van der Waals surface area contributed by atoms with Crippen LogP contribution < -0.4 is 19.5 Å². The van der Waals surface area contributed by atoms with E-state index in [1.54, 1.807) is 18.2 Å². The lowest BCUT2D eigenvalue weighted by atomic mass is 10.1. The maximum absolute atomic E-state index is 12.1. The highest BCUT2D eigenvalue weighted by Crippen LogP contribution is 2.36. The van der Waals surface area contributed by atoms with Gasteiger partial charge in [-0.1, -0.05) is 23.8 Å². The lowest BCUT2D eigenvalue weighted by Gasteiger charge is -2.14. The molecule has 23 heavy (non-hydrogen) atoms. The fourth-order valence-corrected chi connectivity index (χ4v) is 2.24. The van der Waals surface area contributed by atoms with Gasteiger partial charge in [0.2, 0.25) is 5.75 Å². The van der Waals surface area contributed by atoms with Crippen LogP contribution in [0.15, 0.2) is 36.4 Å². The minimum atomic E-state index is -0.245. The maximum Gasteiger partial charge on any atom is 0.262 e. The molecule has 0 aromatic heterocycles. The Morgan fingerprint density at radius 3 is 2.26 bits per heavy atom. The molecule has 2 aromatic rings. The van der Waals surface area contributed by atoms with E-state index in [1.165, 1.54) is 14.2 Å². The van der Waals surface area contributed by atoms with E-state index in [-0.39, 0.29) is 12.5 Å². The molecule has 122 valence electrons. The maximum atomic E-state index is 12.1. The van der Waals surface area contributed by atoms with Crippen LogP contribution in [0.5, 0.6) is 17.2 Å². The number of carbonyl (C=O) groups is 1. The summed E-state index contributed by atoms with van der Waals surface area (Å²) in [6, 6.07) is 11.1. The molecule has 2 rings (SSSR count). The van der Waals surface area contributed by atoms with Crippen LogP contribution in [0.4, 0.5) is 5.69 Å². The standard InChI is InChI=1S/C18H21NO4/c1-12-8-9-14(13(2)10-12)19-17(20)11-23-18-15(21-3)6-5-7-16(18)22-4/h5-10H,11H2,1-4H3,(H,19,20). The number of hydrogen-bond donors (Lipinski definition) is 1. The third-order valence-corrected chi connectivity index (χ3v) is 3.39. The summed E-state index contributed by atoms with van der Waals surface area (Å²) in [7, 11) is 3.08. The molecule has 5 nitrogen and oxygen atoms in total. The van der Waals surface area contributed by atoms with E-state index >= 15 is 0 Å². The first-order valence-electron chi connectivity index (χ1n) is 7.26. The van der Waals surface area contributed by atoms with Gasteiger partial charge in [-0.3, -0.25) is 4.79 Å². The van der Waals surface area contributed by atoms with Gasteiger partial charge in [-0.25, -0.2) is 0 Å². The van der Waals surface area contributed by atoms with Gasteiger partial charge in [0.1, 0.15) is 0 Å². The Hall–Kier alpha value is -2.69. The van der Waals surface area contributed by atoms with Gasteiger partial charge in [0.15, 0.2) is 18.1 Å². The highest BCUT2D eigenvalue weighted by molar-refractivity contribution is 5.92. The second-order valence-electron chi connectivity index (χ2n) is 5.15. The molecular weight excluding hydrogens is 294 g/mol. The van der Waals surface area contributed by atoms with E-state index < -0.39 is 0 Å². The molecule has 0 radical (unpaired) electrons. The number of carbonyl (C=O) groups excluding carboxylic acids is 1. The van der Waals surface area contributed by atoms with Crippen molar-refractivity contribution in [1.82, 2.24) is 0 Å². The van der Waals surface area contributed by atoms with Crippen LogP contribution in [0.1, 0.15) is 11.1 Å². The average Bonchev–Trinajstić information content (AvgIpc) is 2.55. The van der Waals surface area contributed by atoms with Crippen molar-refractivity contribution in [3.05, 3.63) is 47.5 Å². The van der Waals surface area contributed by atoms with E-state index in [9.17, 15) is 4.79 Å². The molecule has 0 unspecified atom stereocenters. The molecule has 0 spiro atoms. The molecule has 1 amide bonds. The number of para-hydroxylation sites is 1. The summed E-state index contributed by atoms with van der Waals surface area (Å²) in [6.45, 7) is 3.83. The van der Waals surface area contributed by atoms with Crippen LogP contribution in [-0.4, -0.2) is 26.7 Å². The minimum absolute atomic E-state index is 0.135. The summed E-state index contributed by atoms with van der Waals surface area (Å²) >= 11 is 0. The summed E-state index contributed by atoms with van der Waals surface area (Å²) in [4.78, 5) is 12.1. The first kappa shape index (κ1) is 16.7. The number of methoxy groups -OCH3 is 2. The van der Waals surface area contributed by atoms with Crippen molar-refractivity contribution in [1.29, 1.82) is 0 Å². The van der Waals surface area contributed by atoms with E-state index in [0.29, 0.717) is 17.2 Å². The van der Waals surface area contributed by atoms with Crippen molar-refractivity contribution in [2.24, 2.45) is 0 Å². The predicted octanol–water partition coefficient (Wildman–Crippen LogP) is 3.34. The summed E-state index contributed by atoms with van der Waals surface area (Å²) in [6.07, 6.45) is 0.